The van der Waals surface area contributed by atoms with E-state index >= 15 is 0 Å². The predicted molar refractivity (Wildman–Crippen MR) is 66.2 cm³/mol. The molecule has 0 heterocycles. The van der Waals surface area contributed by atoms with Gasteiger partial charge in [-0.25, -0.2) is 8.78 Å². The number of halogens is 3. The fourth-order valence-electron chi connectivity index (χ4n) is 1.23. The molecule has 1 nitrogen and oxygen atoms in total. The van der Waals surface area contributed by atoms with Crippen LogP contribution in [0.4, 0.5) is 8.78 Å². The van der Waals surface area contributed by atoms with Gasteiger partial charge in [0.2, 0.25) is 0 Å². The summed E-state index contributed by atoms with van der Waals surface area (Å²) in [5.41, 5.74) is 0.781. The number of unbranched alkanes of at least 4 members (excludes halogenated alkanes) is 1. The topological polar surface area (TPSA) is 12.0 Å². The molecule has 0 radical (unpaired) electrons. The first kappa shape index (κ1) is 12.8. The molecule has 1 rings (SSSR count). The second kappa shape index (κ2) is 7.11. The summed E-state index contributed by atoms with van der Waals surface area (Å²) in [5.74, 6) is -1.56. The smallest absolute Gasteiger partial charge is 0.159 e. The predicted octanol–water partition coefficient (Wildman–Crippen LogP) is 3.27. The van der Waals surface area contributed by atoms with E-state index in [0.717, 1.165) is 29.0 Å². The Hall–Kier alpha value is -0.230. The van der Waals surface area contributed by atoms with Gasteiger partial charge in [0.1, 0.15) is 0 Å². The molecule has 0 saturated carbocycles. The van der Waals surface area contributed by atoms with E-state index < -0.39 is 11.6 Å². The van der Waals surface area contributed by atoms with Crippen LogP contribution in [-0.4, -0.2) is 11.0 Å². The number of hydrogen-bond donors (Lipinski definition) is 1. The van der Waals surface area contributed by atoms with Gasteiger partial charge in [0.15, 0.2) is 11.6 Å². The van der Waals surface area contributed by atoms with Crippen LogP contribution in [0.1, 0.15) is 18.4 Å². The van der Waals surface area contributed by atoms with Crippen LogP contribution in [0.15, 0.2) is 18.2 Å². The Morgan fingerprint density at radius 3 is 2.60 bits per heavy atom. The quantitative estimate of drug-likeness (QED) is 0.481. The van der Waals surface area contributed by atoms with Crippen molar-refractivity contribution in [2.75, 3.05) is 11.0 Å². The van der Waals surface area contributed by atoms with Crippen molar-refractivity contribution in [2.45, 2.75) is 19.4 Å². The van der Waals surface area contributed by atoms with Crippen LogP contribution in [0, 0.1) is 11.6 Å². The minimum absolute atomic E-state index is 0.596. The van der Waals surface area contributed by atoms with Crippen LogP contribution < -0.4 is 5.32 Å². The van der Waals surface area contributed by atoms with Crippen molar-refractivity contribution in [1.82, 2.24) is 5.32 Å². The molecular weight excluding hydrogens is 311 g/mol. The molecule has 0 unspecified atom stereocenters. The number of hydrogen-bond acceptors (Lipinski definition) is 1. The van der Waals surface area contributed by atoms with Gasteiger partial charge in [-0.05, 0) is 41.5 Å². The maximum atomic E-state index is 12.8. The molecule has 0 saturated heterocycles. The third-order valence-corrected chi connectivity index (χ3v) is 2.81. The first-order valence-corrected chi connectivity index (χ1v) is 6.47. The molecule has 0 aliphatic carbocycles. The van der Waals surface area contributed by atoms with Gasteiger partial charge < -0.3 is 5.32 Å². The maximum Gasteiger partial charge on any atom is 0.159 e. The van der Waals surface area contributed by atoms with Crippen LogP contribution in [-0.2, 0) is 6.54 Å². The molecule has 1 N–H and O–H groups in total. The highest BCUT2D eigenvalue weighted by Crippen LogP contribution is 2.08. The zero-order valence-electron chi connectivity index (χ0n) is 8.40. The third kappa shape index (κ3) is 4.88. The maximum absolute atomic E-state index is 12.8. The van der Waals surface area contributed by atoms with Crippen molar-refractivity contribution in [3.8, 4) is 0 Å². The minimum Gasteiger partial charge on any atom is -0.313 e. The molecule has 0 amide bonds. The second-order valence-electron chi connectivity index (χ2n) is 3.32. The fourth-order valence-corrected chi connectivity index (χ4v) is 1.77. The summed E-state index contributed by atoms with van der Waals surface area (Å²) in [5, 5.41) is 3.19. The Balaban J connectivity index is 2.28. The molecule has 0 atom stereocenters. The highest BCUT2D eigenvalue weighted by Gasteiger charge is 2.01. The molecule has 15 heavy (non-hydrogen) atoms. The lowest BCUT2D eigenvalue weighted by Gasteiger charge is -2.04. The van der Waals surface area contributed by atoms with Crippen LogP contribution in [0.5, 0.6) is 0 Å². The minimum atomic E-state index is -0.788. The Bertz CT molecular complexity index is 305. The molecule has 0 spiro atoms. The summed E-state index contributed by atoms with van der Waals surface area (Å²) in [4.78, 5) is 0. The number of rotatable bonds is 6. The molecule has 1 aromatic carbocycles. The van der Waals surface area contributed by atoms with Gasteiger partial charge in [-0.2, -0.15) is 0 Å². The molecule has 0 aromatic heterocycles. The van der Waals surface area contributed by atoms with E-state index in [9.17, 15) is 8.78 Å². The zero-order chi connectivity index (χ0) is 11.1. The summed E-state index contributed by atoms with van der Waals surface area (Å²) in [6.07, 6.45) is 2.30. The largest absolute Gasteiger partial charge is 0.313 e. The van der Waals surface area contributed by atoms with Gasteiger partial charge in [-0.15, -0.1) is 0 Å². The first-order valence-electron chi connectivity index (χ1n) is 4.94. The third-order valence-electron chi connectivity index (χ3n) is 2.05. The molecule has 0 aliphatic rings. The SMILES string of the molecule is Fc1ccc(CNCCCCI)cc1F. The molecule has 0 aliphatic heterocycles. The average molecular weight is 325 g/mol. The van der Waals surface area contributed by atoms with Crippen LogP contribution in [0.3, 0.4) is 0 Å². The van der Waals surface area contributed by atoms with Gasteiger partial charge in [-0.1, -0.05) is 28.7 Å². The van der Waals surface area contributed by atoms with E-state index in [2.05, 4.69) is 27.9 Å². The molecule has 4 heteroatoms. The van der Waals surface area contributed by atoms with Crippen molar-refractivity contribution in [3.63, 3.8) is 0 Å². The summed E-state index contributed by atoms with van der Waals surface area (Å²) >= 11 is 2.34. The first-order chi connectivity index (χ1) is 7.24. The lowest BCUT2D eigenvalue weighted by molar-refractivity contribution is 0.506. The molecule has 1 aromatic rings. The highest BCUT2D eigenvalue weighted by molar-refractivity contribution is 14.1. The van der Waals surface area contributed by atoms with E-state index in [1.165, 1.54) is 12.5 Å². The van der Waals surface area contributed by atoms with E-state index in [0.29, 0.717) is 6.54 Å². The fraction of sp³-hybridized carbons (Fsp3) is 0.455. The number of benzene rings is 1. The van der Waals surface area contributed by atoms with Gasteiger partial charge in [0, 0.05) is 6.54 Å². The monoisotopic (exact) mass is 325 g/mol. The summed E-state index contributed by atoms with van der Waals surface area (Å²) < 4.78 is 26.6. The Kier molecular flexibility index (Phi) is 6.09. The Morgan fingerprint density at radius 2 is 1.93 bits per heavy atom. The van der Waals surface area contributed by atoms with Gasteiger partial charge >= 0.3 is 0 Å². The number of alkyl halides is 1. The molecule has 0 bridgehead atoms. The molecular formula is C11H14F2IN. The van der Waals surface area contributed by atoms with Crippen molar-refractivity contribution in [1.29, 1.82) is 0 Å². The normalized spacial score (nSPS) is 10.6. The van der Waals surface area contributed by atoms with E-state index in [1.807, 2.05) is 0 Å². The summed E-state index contributed by atoms with van der Waals surface area (Å²) in [6, 6.07) is 4.00. The average Bonchev–Trinajstić information content (AvgIpc) is 2.23. The van der Waals surface area contributed by atoms with Crippen molar-refractivity contribution in [2.24, 2.45) is 0 Å². The van der Waals surface area contributed by atoms with Crippen LogP contribution in [0.2, 0.25) is 0 Å². The van der Waals surface area contributed by atoms with Crippen molar-refractivity contribution >= 4 is 22.6 Å². The standard InChI is InChI=1S/C11H14F2IN/c12-10-4-3-9(7-11(10)13)8-15-6-2-1-5-14/h3-4,7,15H,1-2,5-6,8H2. The highest BCUT2D eigenvalue weighted by atomic mass is 127. The molecule has 84 valence electrons. The molecule has 0 fully saturated rings. The van der Waals surface area contributed by atoms with E-state index in [1.54, 1.807) is 6.07 Å². The Labute approximate surface area is 102 Å². The lowest BCUT2D eigenvalue weighted by atomic mass is 10.2. The van der Waals surface area contributed by atoms with Crippen molar-refractivity contribution < 1.29 is 8.78 Å². The van der Waals surface area contributed by atoms with Crippen LogP contribution >= 0.6 is 22.6 Å². The van der Waals surface area contributed by atoms with Crippen LogP contribution in [0.25, 0.3) is 0 Å². The zero-order valence-corrected chi connectivity index (χ0v) is 10.6. The van der Waals surface area contributed by atoms with E-state index in [-0.39, 0.29) is 0 Å². The second-order valence-corrected chi connectivity index (χ2v) is 4.40. The lowest BCUT2D eigenvalue weighted by Crippen LogP contribution is -2.14. The Morgan fingerprint density at radius 1 is 1.13 bits per heavy atom. The van der Waals surface area contributed by atoms with Gasteiger partial charge in [0.25, 0.3) is 0 Å². The van der Waals surface area contributed by atoms with Gasteiger partial charge in [-0.3, -0.25) is 0 Å². The van der Waals surface area contributed by atoms with Gasteiger partial charge in [0.05, 0.1) is 0 Å². The summed E-state index contributed by atoms with van der Waals surface area (Å²) in [7, 11) is 0. The number of nitrogens with one attached hydrogen (secondary N) is 1. The van der Waals surface area contributed by atoms with Crippen molar-refractivity contribution in [3.05, 3.63) is 35.4 Å². The van der Waals surface area contributed by atoms with E-state index in [4.69, 9.17) is 0 Å². The summed E-state index contributed by atoms with van der Waals surface area (Å²) in [6.45, 7) is 1.51.